The number of rotatable bonds is 2. The number of hydrogen-bond acceptors (Lipinski definition) is 2. The lowest BCUT2D eigenvalue weighted by molar-refractivity contribution is -0.289. The van der Waals surface area contributed by atoms with Crippen LogP contribution in [0, 0.1) is 0 Å². The van der Waals surface area contributed by atoms with Crippen LogP contribution in [-0.2, 0) is 12.5 Å². The van der Waals surface area contributed by atoms with E-state index >= 15 is 0 Å². The number of nitrogens with zero attached hydrogens (tertiary/aromatic N) is 1. The summed E-state index contributed by atoms with van der Waals surface area (Å²) in [7, 11) is 0. The summed E-state index contributed by atoms with van der Waals surface area (Å²) in [4.78, 5) is 3.42. The second-order valence-electron chi connectivity index (χ2n) is 2.93. The summed E-state index contributed by atoms with van der Waals surface area (Å²) in [5, 5.41) is 0. The van der Waals surface area contributed by atoms with Crippen LogP contribution >= 0.6 is 15.9 Å². The Bertz CT molecular complexity index is 391. The van der Waals surface area contributed by atoms with Gasteiger partial charge < -0.3 is 5.73 Å². The third-order valence-electron chi connectivity index (χ3n) is 1.83. The summed E-state index contributed by atoms with van der Waals surface area (Å²) >= 11 is 2.82. The Morgan fingerprint density at radius 1 is 1.25 bits per heavy atom. The lowest BCUT2D eigenvalue weighted by atomic mass is 10.1. The van der Waals surface area contributed by atoms with Crippen molar-refractivity contribution in [2.24, 2.45) is 5.73 Å². The number of alkyl halides is 5. The SMILES string of the molecule is NCc1ncc(C(F)(F)C(F)(F)F)cc1Br. The molecule has 0 amide bonds. The van der Waals surface area contributed by atoms with E-state index in [2.05, 4.69) is 20.9 Å². The molecular weight excluding hydrogens is 299 g/mol. The molecule has 1 heterocycles. The summed E-state index contributed by atoms with van der Waals surface area (Å²) in [5.74, 6) is -4.92. The lowest BCUT2D eigenvalue weighted by Gasteiger charge is -2.19. The van der Waals surface area contributed by atoms with Crippen molar-refractivity contribution >= 4 is 15.9 Å². The molecule has 8 heteroatoms. The van der Waals surface area contributed by atoms with Crippen LogP contribution in [0.25, 0.3) is 0 Å². The fourth-order valence-corrected chi connectivity index (χ4v) is 1.46. The van der Waals surface area contributed by atoms with Crippen LogP contribution in [0.3, 0.4) is 0 Å². The van der Waals surface area contributed by atoms with Gasteiger partial charge in [-0.3, -0.25) is 4.98 Å². The molecule has 0 atom stereocenters. The van der Waals surface area contributed by atoms with Gasteiger partial charge in [-0.25, -0.2) is 0 Å². The van der Waals surface area contributed by atoms with Gasteiger partial charge in [0, 0.05) is 22.8 Å². The van der Waals surface area contributed by atoms with E-state index in [0.29, 0.717) is 12.3 Å². The zero-order chi connectivity index (χ0) is 12.6. The second kappa shape index (κ2) is 4.25. The minimum atomic E-state index is -5.64. The molecule has 0 spiro atoms. The summed E-state index contributed by atoms with van der Waals surface area (Å²) in [5.41, 5.74) is 4.18. The third kappa shape index (κ3) is 2.32. The predicted molar refractivity (Wildman–Crippen MR) is 49.8 cm³/mol. The lowest BCUT2D eigenvalue weighted by Crippen LogP contribution is -2.33. The number of nitrogens with two attached hydrogens (primary N) is 1. The molecule has 0 aliphatic heterocycles. The van der Waals surface area contributed by atoms with Crippen molar-refractivity contribution in [2.75, 3.05) is 0 Å². The Kier molecular flexibility index (Phi) is 3.53. The molecule has 0 fully saturated rings. The van der Waals surface area contributed by atoms with Gasteiger partial charge >= 0.3 is 12.1 Å². The van der Waals surface area contributed by atoms with Gasteiger partial charge in [0.2, 0.25) is 0 Å². The van der Waals surface area contributed by atoms with E-state index in [1.165, 1.54) is 0 Å². The van der Waals surface area contributed by atoms with E-state index in [-0.39, 0.29) is 16.7 Å². The molecule has 0 aliphatic rings. The van der Waals surface area contributed by atoms with Crippen LogP contribution < -0.4 is 5.73 Å². The summed E-state index contributed by atoms with van der Waals surface area (Å²) in [6.45, 7) is -0.0571. The number of aromatic nitrogens is 1. The third-order valence-corrected chi connectivity index (χ3v) is 2.52. The van der Waals surface area contributed by atoms with Gasteiger partial charge in [-0.2, -0.15) is 22.0 Å². The second-order valence-corrected chi connectivity index (χ2v) is 3.78. The highest BCUT2D eigenvalue weighted by atomic mass is 79.9. The monoisotopic (exact) mass is 304 g/mol. The minimum absolute atomic E-state index is 0.0245. The Morgan fingerprint density at radius 2 is 1.81 bits per heavy atom. The largest absolute Gasteiger partial charge is 0.458 e. The van der Waals surface area contributed by atoms with Crippen molar-refractivity contribution in [3.8, 4) is 0 Å². The Labute approximate surface area is 95.8 Å². The van der Waals surface area contributed by atoms with E-state index in [1.807, 2.05) is 0 Å². The topological polar surface area (TPSA) is 38.9 Å². The number of halogens is 6. The van der Waals surface area contributed by atoms with Gasteiger partial charge in [0.05, 0.1) is 5.69 Å². The molecule has 0 saturated heterocycles. The summed E-state index contributed by atoms with van der Waals surface area (Å²) in [6.07, 6.45) is -5.17. The molecule has 1 aromatic rings. The predicted octanol–water partition coefficient (Wildman–Crippen LogP) is 2.96. The van der Waals surface area contributed by atoms with Gasteiger partial charge in [-0.15, -0.1) is 0 Å². The highest BCUT2D eigenvalue weighted by Gasteiger charge is 2.59. The Hall–Kier alpha value is -0.760. The van der Waals surface area contributed by atoms with Gasteiger partial charge in [0.25, 0.3) is 0 Å². The van der Waals surface area contributed by atoms with Gasteiger partial charge in [0.1, 0.15) is 0 Å². The standard InChI is InChI=1S/C8H6BrF5N2/c9-5-1-4(3-16-6(5)2-15)7(10,11)8(12,13)14/h1,3H,2,15H2. The van der Waals surface area contributed by atoms with Crippen molar-refractivity contribution in [1.29, 1.82) is 0 Å². The maximum Gasteiger partial charge on any atom is 0.458 e. The minimum Gasteiger partial charge on any atom is -0.325 e. The highest BCUT2D eigenvalue weighted by molar-refractivity contribution is 9.10. The van der Waals surface area contributed by atoms with E-state index in [9.17, 15) is 22.0 Å². The molecule has 0 aromatic carbocycles. The van der Waals surface area contributed by atoms with Crippen molar-refractivity contribution in [3.05, 3.63) is 28.0 Å². The smallest absolute Gasteiger partial charge is 0.325 e. The summed E-state index contributed by atoms with van der Waals surface area (Å²) in [6, 6.07) is 0.669. The first-order chi connectivity index (χ1) is 7.20. The quantitative estimate of drug-likeness (QED) is 0.853. The maximum atomic E-state index is 12.9. The van der Waals surface area contributed by atoms with E-state index in [0.717, 1.165) is 0 Å². The first kappa shape index (κ1) is 13.3. The Morgan fingerprint density at radius 3 is 2.19 bits per heavy atom. The average Bonchev–Trinajstić information content (AvgIpc) is 2.15. The van der Waals surface area contributed by atoms with Gasteiger partial charge in [0.15, 0.2) is 0 Å². The average molecular weight is 305 g/mol. The number of pyridine rings is 1. The van der Waals surface area contributed by atoms with Gasteiger partial charge in [-0.05, 0) is 22.0 Å². The highest BCUT2D eigenvalue weighted by Crippen LogP contribution is 2.44. The van der Waals surface area contributed by atoms with Crippen LogP contribution in [0.1, 0.15) is 11.3 Å². The molecule has 2 N–H and O–H groups in total. The Balaban J connectivity index is 3.20. The molecule has 16 heavy (non-hydrogen) atoms. The fourth-order valence-electron chi connectivity index (χ4n) is 0.952. The van der Waals surface area contributed by atoms with Crippen molar-refractivity contribution in [1.82, 2.24) is 4.98 Å². The first-order valence-electron chi connectivity index (χ1n) is 3.99. The molecule has 0 bridgehead atoms. The molecule has 0 saturated carbocycles. The zero-order valence-electron chi connectivity index (χ0n) is 7.65. The van der Waals surface area contributed by atoms with E-state index in [1.54, 1.807) is 0 Å². The zero-order valence-corrected chi connectivity index (χ0v) is 9.24. The van der Waals surface area contributed by atoms with Crippen LogP contribution in [0.5, 0.6) is 0 Å². The summed E-state index contributed by atoms with van der Waals surface area (Å²) < 4.78 is 61.8. The van der Waals surface area contributed by atoms with E-state index in [4.69, 9.17) is 5.73 Å². The van der Waals surface area contributed by atoms with Gasteiger partial charge in [-0.1, -0.05) is 0 Å². The maximum absolute atomic E-state index is 12.9. The van der Waals surface area contributed by atoms with Crippen LogP contribution in [0.2, 0.25) is 0 Å². The van der Waals surface area contributed by atoms with Crippen LogP contribution in [0.15, 0.2) is 16.7 Å². The number of hydrogen-bond donors (Lipinski definition) is 1. The van der Waals surface area contributed by atoms with Crippen molar-refractivity contribution in [2.45, 2.75) is 18.6 Å². The molecule has 0 unspecified atom stereocenters. The molecule has 0 aliphatic carbocycles. The molecule has 0 radical (unpaired) electrons. The molecule has 1 rings (SSSR count). The molecule has 1 aromatic heterocycles. The van der Waals surface area contributed by atoms with Crippen LogP contribution in [0.4, 0.5) is 22.0 Å². The van der Waals surface area contributed by atoms with Crippen LogP contribution in [-0.4, -0.2) is 11.2 Å². The fraction of sp³-hybridized carbons (Fsp3) is 0.375. The van der Waals surface area contributed by atoms with E-state index < -0.39 is 17.7 Å². The first-order valence-corrected chi connectivity index (χ1v) is 4.79. The molecular formula is C8H6BrF5N2. The van der Waals surface area contributed by atoms with Crippen molar-refractivity contribution < 1.29 is 22.0 Å². The molecule has 2 nitrogen and oxygen atoms in total. The van der Waals surface area contributed by atoms with Crippen molar-refractivity contribution in [3.63, 3.8) is 0 Å². The normalized spacial score (nSPS) is 12.9. The molecule has 90 valence electrons.